The smallest absolute Gasteiger partial charge is 0.251 e. The Morgan fingerprint density at radius 1 is 1.00 bits per heavy atom. The summed E-state index contributed by atoms with van der Waals surface area (Å²) in [5.41, 5.74) is 4.78. The van der Waals surface area contributed by atoms with E-state index in [1.807, 2.05) is 55.6 Å². The molecule has 0 bridgehead atoms. The van der Waals surface area contributed by atoms with Gasteiger partial charge in [0.2, 0.25) is 5.91 Å². The van der Waals surface area contributed by atoms with Crippen LogP contribution in [-0.2, 0) is 17.6 Å². The van der Waals surface area contributed by atoms with Crippen LogP contribution in [0.1, 0.15) is 23.1 Å². The molecule has 2 aromatic carbocycles. The normalized spacial score (nSPS) is 11.2. The third-order valence-electron chi connectivity index (χ3n) is 5.09. The molecule has 1 amide bonds. The summed E-state index contributed by atoms with van der Waals surface area (Å²) in [6.07, 6.45) is 3.49. The molecule has 0 saturated heterocycles. The van der Waals surface area contributed by atoms with Gasteiger partial charge in [0.1, 0.15) is 0 Å². The van der Waals surface area contributed by atoms with Crippen molar-refractivity contribution >= 4 is 27.7 Å². The number of fused-ring (bicyclic) bond motifs is 2. The number of hydrogen-bond donors (Lipinski definition) is 3. The number of benzene rings is 2. The molecule has 0 saturated carbocycles. The molecule has 142 valence electrons. The molecule has 0 aliphatic heterocycles. The number of aromatic amines is 2. The zero-order chi connectivity index (χ0) is 19.5. The van der Waals surface area contributed by atoms with Crippen molar-refractivity contribution in [2.24, 2.45) is 0 Å². The highest BCUT2D eigenvalue weighted by molar-refractivity contribution is 5.83. The van der Waals surface area contributed by atoms with Crippen molar-refractivity contribution < 1.29 is 4.79 Å². The fraction of sp³-hybridized carbons (Fsp3) is 0.217. The molecular weight excluding hydrogens is 350 g/mol. The van der Waals surface area contributed by atoms with Crippen LogP contribution in [0.3, 0.4) is 0 Å². The average molecular weight is 373 g/mol. The Bertz CT molecular complexity index is 1200. The van der Waals surface area contributed by atoms with Crippen LogP contribution in [0, 0.1) is 6.92 Å². The zero-order valence-corrected chi connectivity index (χ0v) is 15.8. The summed E-state index contributed by atoms with van der Waals surface area (Å²) in [4.78, 5) is 30.6. The number of para-hydroxylation sites is 1. The van der Waals surface area contributed by atoms with Gasteiger partial charge < -0.3 is 15.3 Å². The lowest BCUT2D eigenvalue weighted by molar-refractivity contribution is -0.121. The van der Waals surface area contributed by atoms with E-state index in [4.69, 9.17) is 0 Å². The third-order valence-corrected chi connectivity index (χ3v) is 5.09. The van der Waals surface area contributed by atoms with E-state index in [1.165, 1.54) is 10.9 Å². The van der Waals surface area contributed by atoms with E-state index < -0.39 is 0 Å². The number of aromatic nitrogens is 2. The molecule has 0 fully saturated rings. The first-order chi connectivity index (χ1) is 13.6. The standard InChI is InChI=1S/C23H23N3O2/c1-15-6-8-20-18(12-15)13-16(23(28)26-20)7-9-22(27)24-11-10-17-14-25-21-5-3-2-4-19(17)21/h2-6,8,12-14,25H,7,9-11H2,1H3,(H,24,27)(H,26,28). The van der Waals surface area contributed by atoms with Gasteiger partial charge in [-0.2, -0.15) is 0 Å². The molecule has 4 aromatic rings. The van der Waals surface area contributed by atoms with Crippen molar-refractivity contribution in [1.82, 2.24) is 15.3 Å². The van der Waals surface area contributed by atoms with E-state index in [2.05, 4.69) is 21.4 Å². The minimum atomic E-state index is -0.122. The number of carbonyl (C=O) groups is 1. The molecule has 0 unspecified atom stereocenters. The molecule has 0 aliphatic carbocycles. The Hall–Kier alpha value is -3.34. The maximum atomic E-state index is 12.2. The molecule has 4 rings (SSSR count). The second-order valence-electron chi connectivity index (χ2n) is 7.17. The van der Waals surface area contributed by atoms with Gasteiger partial charge >= 0.3 is 0 Å². The van der Waals surface area contributed by atoms with Crippen LogP contribution in [0.15, 0.2) is 59.5 Å². The Labute approximate surface area is 162 Å². The Kier molecular flexibility index (Phi) is 4.98. The second kappa shape index (κ2) is 7.72. The molecule has 0 atom stereocenters. The molecule has 2 heterocycles. The summed E-state index contributed by atoms with van der Waals surface area (Å²) in [5.74, 6) is -0.0384. The van der Waals surface area contributed by atoms with Crippen LogP contribution >= 0.6 is 0 Å². The van der Waals surface area contributed by atoms with E-state index in [-0.39, 0.29) is 11.5 Å². The summed E-state index contributed by atoms with van der Waals surface area (Å²) >= 11 is 0. The van der Waals surface area contributed by atoms with Crippen LogP contribution in [-0.4, -0.2) is 22.4 Å². The Morgan fingerprint density at radius 2 is 1.86 bits per heavy atom. The number of carbonyl (C=O) groups excluding carboxylic acids is 1. The van der Waals surface area contributed by atoms with E-state index >= 15 is 0 Å². The summed E-state index contributed by atoms with van der Waals surface area (Å²) < 4.78 is 0. The van der Waals surface area contributed by atoms with Gasteiger partial charge in [-0.3, -0.25) is 9.59 Å². The summed E-state index contributed by atoms with van der Waals surface area (Å²) in [6, 6.07) is 15.9. The first-order valence-corrected chi connectivity index (χ1v) is 9.54. The number of rotatable bonds is 6. The largest absolute Gasteiger partial charge is 0.361 e. The van der Waals surface area contributed by atoms with Gasteiger partial charge in [-0.25, -0.2) is 0 Å². The number of pyridine rings is 1. The van der Waals surface area contributed by atoms with Gasteiger partial charge in [0.05, 0.1) is 0 Å². The minimum Gasteiger partial charge on any atom is -0.361 e. The van der Waals surface area contributed by atoms with Crippen LogP contribution < -0.4 is 10.9 Å². The van der Waals surface area contributed by atoms with Crippen LogP contribution in [0.25, 0.3) is 21.8 Å². The van der Waals surface area contributed by atoms with Crippen LogP contribution in [0.4, 0.5) is 0 Å². The summed E-state index contributed by atoms with van der Waals surface area (Å²) in [7, 11) is 0. The van der Waals surface area contributed by atoms with Crippen molar-refractivity contribution in [3.63, 3.8) is 0 Å². The molecule has 5 heteroatoms. The van der Waals surface area contributed by atoms with Gasteiger partial charge in [0.25, 0.3) is 5.56 Å². The fourth-order valence-electron chi connectivity index (χ4n) is 3.57. The highest BCUT2D eigenvalue weighted by Gasteiger charge is 2.08. The SMILES string of the molecule is Cc1ccc2[nH]c(=O)c(CCC(=O)NCCc3c[nH]c4ccccc34)cc2c1. The molecule has 0 radical (unpaired) electrons. The van der Waals surface area contributed by atoms with Crippen molar-refractivity contribution in [2.75, 3.05) is 6.54 Å². The average Bonchev–Trinajstić information content (AvgIpc) is 3.10. The second-order valence-corrected chi connectivity index (χ2v) is 7.17. The summed E-state index contributed by atoms with van der Waals surface area (Å²) in [6.45, 7) is 2.60. The summed E-state index contributed by atoms with van der Waals surface area (Å²) in [5, 5.41) is 5.14. The number of aryl methyl sites for hydroxylation is 2. The van der Waals surface area contributed by atoms with Gasteiger partial charge in [-0.15, -0.1) is 0 Å². The van der Waals surface area contributed by atoms with Crippen LogP contribution in [0.2, 0.25) is 0 Å². The molecule has 28 heavy (non-hydrogen) atoms. The molecule has 0 aliphatic rings. The maximum Gasteiger partial charge on any atom is 0.251 e. The van der Waals surface area contributed by atoms with E-state index in [0.29, 0.717) is 24.9 Å². The zero-order valence-electron chi connectivity index (χ0n) is 15.8. The minimum absolute atomic E-state index is 0.0384. The Balaban J connectivity index is 1.34. The number of amides is 1. The number of H-pyrrole nitrogens is 2. The van der Waals surface area contributed by atoms with E-state index in [1.54, 1.807) is 0 Å². The van der Waals surface area contributed by atoms with Crippen LogP contribution in [0.5, 0.6) is 0 Å². The van der Waals surface area contributed by atoms with Gasteiger partial charge in [0.15, 0.2) is 0 Å². The van der Waals surface area contributed by atoms with Crippen molar-refractivity contribution in [1.29, 1.82) is 0 Å². The predicted octanol–water partition coefficient (Wildman–Crippen LogP) is 3.61. The molecular formula is C23H23N3O2. The van der Waals surface area contributed by atoms with Crippen molar-refractivity contribution in [2.45, 2.75) is 26.2 Å². The van der Waals surface area contributed by atoms with Crippen molar-refractivity contribution in [3.05, 3.63) is 81.8 Å². The van der Waals surface area contributed by atoms with Gasteiger partial charge in [-0.05, 0) is 55.0 Å². The lowest BCUT2D eigenvalue weighted by Gasteiger charge is -2.06. The molecule has 3 N–H and O–H groups in total. The van der Waals surface area contributed by atoms with Gasteiger partial charge in [-0.1, -0.05) is 29.8 Å². The van der Waals surface area contributed by atoms with Crippen molar-refractivity contribution in [3.8, 4) is 0 Å². The third kappa shape index (κ3) is 3.83. The number of nitrogens with one attached hydrogen (secondary N) is 3. The fourth-order valence-corrected chi connectivity index (χ4v) is 3.57. The first kappa shape index (κ1) is 18.0. The maximum absolute atomic E-state index is 12.2. The first-order valence-electron chi connectivity index (χ1n) is 9.54. The molecule has 0 spiro atoms. The number of hydrogen-bond acceptors (Lipinski definition) is 2. The Morgan fingerprint density at radius 3 is 2.75 bits per heavy atom. The highest BCUT2D eigenvalue weighted by atomic mass is 16.1. The molecule has 5 nitrogen and oxygen atoms in total. The topological polar surface area (TPSA) is 77.8 Å². The highest BCUT2D eigenvalue weighted by Crippen LogP contribution is 2.17. The van der Waals surface area contributed by atoms with E-state index in [0.717, 1.165) is 28.4 Å². The lowest BCUT2D eigenvalue weighted by Crippen LogP contribution is -2.26. The lowest BCUT2D eigenvalue weighted by atomic mass is 10.1. The predicted molar refractivity (Wildman–Crippen MR) is 113 cm³/mol. The quantitative estimate of drug-likeness (QED) is 0.483. The monoisotopic (exact) mass is 373 g/mol. The molecule has 2 aromatic heterocycles. The van der Waals surface area contributed by atoms with E-state index in [9.17, 15) is 9.59 Å². The van der Waals surface area contributed by atoms with Gasteiger partial charge in [0, 0.05) is 41.1 Å².